The zero-order chi connectivity index (χ0) is 11.8. The molecular formula is C15H13NS. The first-order valence-corrected chi connectivity index (χ1v) is 6.34. The van der Waals surface area contributed by atoms with Gasteiger partial charge >= 0.3 is 0 Å². The Morgan fingerprint density at radius 2 is 1.82 bits per heavy atom. The second-order valence-electron chi connectivity index (χ2n) is 3.41. The molecule has 0 aliphatic heterocycles. The molecule has 1 nitrogen and oxygen atoms in total. The third kappa shape index (κ3) is 4.21. The number of pyridine rings is 1. The maximum atomic E-state index is 4.20. The van der Waals surface area contributed by atoms with Gasteiger partial charge in [0.15, 0.2) is 0 Å². The molecule has 0 unspecified atom stereocenters. The highest BCUT2D eigenvalue weighted by Crippen LogP contribution is 2.07. The summed E-state index contributed by atoms with van der Waals surface area (Å²) >= 11 is 1.71. The fourth-order valence-electron chi connectivity index (χ4n) is 1.29. The Hall–Kier alpha value is -1.93. The van der Waals surface area contributed by atoms with Crippen LogP contribution in [0.5, 0.6) is 0 Å². The van der Waals surface area contributed by atoms with Gasteiger partial charge in [0.2, 0.25) is 0 Å². The van der Waals surface area contributed by atoms with E-state index in [1.54, 1.807) is 17.5 Å². The van der Waals surface area contributed by atoms with E-state index in [-0.39, 0.29) is 0 Å². The number of thiophene rings is 1. The van der Waals surface area contributed by atoms with Crippen molar-refractivity contribution in [3.63, 3.8) is 0 Å². The number of allylic oxidation sites excluding steroid dienone is 4. The van der Waals surface area contributed by atoms with Crippen molar-refractivity contribution in [1.82, 2.24) is 4.98 Å². The minimum Gasteiger partial charge on any atom is -0.257 e. The standard InChI is InChI=1S/C15H13NS/c1(3-7-14-10-12-17-13-14)2-4-8-15-9-5-6-11-16-15/h1-13H. The van der Waals surface area contributed by atoms with E-state index < -0.39 is 0 Å². The monoisotopic (exact) mass is 239 g/mol. The molecule has 2 aromatic heterocycles. The summed E-state index contributed by atoms with van der Waals surface area (Å²) in [5.41, 5.74) is 2.22. The van der Waals surface area contributed by atoms with Crippen LogP contribution >= 0.6 is 11.3 Å². The zero-order valence-corrected chi connectivity index (χ0v) is 10.2. The van der Waals surface area contributed by atoms with Gasteiger partial charge in [0, 0.05) is 6.20 Å². The summed E-state index contributed by atoms with van der Waals surface area (Å²) < 4.78 is 0. The van der Waals surface area contributed by atoms with Gasteiger partial charge in [-0.2, -0.15) is 11.3 Å². The van der Waals surface area contributed by atoms with Gasteiger partial charge in [-0.05, 0) is 40.6 Å². The topological polar surface area (TPSA) is 12.9 Å². The van der Waals surface area contributed by atoms with Crippen LogP contribution in [-0.2, 0) is 0 Å². The number of hydrogen-bond donors (Lipinski definition) is 0. The number of rotatable bonds is 4. The first-order valence-electron chi connectivity index (χ1n) is 5.40. The summed E-state index contributed by atoms with van der Waals surface area (Å²) in [5, 5.41) is 4.19. The average molecular weight is 239 g/mol. The molecule has 2 rings (SSSR count). The number of aromatic nitrogens is 1. The highest BCUT2D eigenvalue weighted by atomic mass is 32.1. The normalized spacial score (nSPS) is 12.0. The summed E-state index contributed by atoms with van der Waals surface area (Å²) in [4.78, 5) is 4.20. The quantitative estimate of drug-likeness (QED) is 0.719. The van der Waals surface area contributed by atoms with Gasteiger partial charge in [-0.25, -0.2) is 0 Å². The lowest BCUT2D eigenvalue weighted by Gasteiger charge is -1.87. The smallest absolute Gasteiger partial charge is 0.0629 e. The fourth-order valence-corrected chi connectivity index (χ4v) is 1.92. The van der Waals surface area contributed by atoms with Crippen molar-refractivity contribution in [1.29, 1.82) is 0 Å². The molecule has 2 aromatic rings. The fraction of sp³-hybridized carbons (Fsp3) is 0. The molecule has 0 fully saturated rings. The molecule has 2 heteroatoms. The lowest BCUT2D eigenvalue weighted by Crippen LogP contribution is -1.74. The van der Waals surface area contributed by atoms with Crippen molar-refractivity contribution in [3.8, 4) is 0 Å². The van der Waals surface area contributed by atoms with Crippen LogP contribution in [0.1, 0.15) is 11.3 Å². The Bertz CT molecular complexity index is 507. The molecule has 84 valence electrons. The van der Waals surface area contributed by atoms with Crippen LogP contribution in [0.2, 0.25) is 0 Å². The third-order valence-corrected chi connectivity index (χ3v) is 2.82. The first kappa shape index (κ1) is 11.6. The molecule has 0 aliphatic rings. The van der Waals surface area contributed by atoms with Gasteiger partial charge in [0.05, 0.1) is 5.69 Å². The molecule has 0 aliphatic carbocycles. The van der Waals surface area contributed by atoms with E-state index in [1.807, 2.05) is 48.6 Å². The highest BCUT2D eigenvalue weighted by molar-refractivity contribution is 7.08. The first-order chi connectivity index (χ1) is 8.45. The molecule has 0 bridgehead atoms. The SMILES string of the molecule is C(=CC=Cc1ccccn1)C=Cc1ccsc1. The van der Waals surface area contributed by atoms with Crippen LogP contribution in [0.15, 0.2) is 65.5 Å². The van der Waals surface area contributed by atoms with E-state index in [1.165, 1.54) is 5.56 Å². The van der Waals surface area contributed by atoms with Crippen molar-refractivity contribution < 1.29 is 0 Å². The number of hydrogen-bond acceptors (Lipinski definition) is 2. The summed E-state index contributed by atoms with van der Waals surface area (Å²) in [6.45, 7) is 0. The van der Waals surface area contributed by atoms with E-state index in [0.717, 1.165) is 5.69 Å². The Labute approximate surface area is 105 Å². The maximum Gasteiger partial charge on any atom is 0.0629 e. The second kappa shape index (κ2) is 6.61. The van der Waals surface area contributed by atoms with Crippen LogP contribution in [0, 0.1) is 0 Å². The van der Waals surface area contributed by atoms with Gasteiger partial charge in [-0.1, -0.05) is 36.4 Å². The minimum atomic E-state index is 0.971. The van der Waals surface area contributed by atoms with E-state index in [0.29, 0.717) is 0 Å². The van der Waals surface area contributed by atoms with Crippen molar-refractivity contribution in [2.45, 2.75) is 0 Å². The summed E-state index contributed by atoms with van der Waals surface area (Å²) in [7, 11) is 0. The Kier molecular flexibility index (Phi) is 4.49. The molecule has 0 saturated heterocycles. The van der Waals surface area contributed by atoms with Crippen molar-refractivity contribution in [2.24, 2.45) is 0 Å². The molecule has 0 saturated carbocycles. The molecule has 2 heterocycles. The van der Waals surface area contributed by atoms with E-state index in [4.69, 9.17) is 0 Å². The molecule has 0 amide bonds. The summed E-state index contributed by atoms with van der Waals surface area (Å²) in [6, 6.07) is 7.97. The number of nitrogens with zero attached hydrogens (tertiary/aromatic N) is 1. The van der Waals surface area contributed by atoms with Gasteiger partial charge in [0.1, 0.15) is 0 Å². The molecule has 0 N–H and O–H groups in total. The summed E-state index contributed by atoms with van der Waals surface area (Å²) in [5.74, 6) is 0. The molecule has 0 spiro atoms. The van der Waals surface area contributed by atoms with E-state index in [9.17, 15) is 0 Å². The van der Waals surface area contributed by atoms with Gasteiger partial charge < -0.3 is 0 Å². The van der Waals surface area contributed by atoms with Crippen molar-refractivity contribution >= 4 is 23.5 Å². The average Bonchev–Trinajstić information content (AvgIpc) is 2.88. The lowest BCUT2D eigenvalue weighted by atomic mass is 10.3. The lowest BCUT2D eigenvalue weighted by molar-refractivity contribution is 1.30. The largest absolute Gasteiger partial charge is 0.257 e. The van der Waals surface area contributed by atoms with Crippen LogP contribution in [0.3, 0.4) is 0 Å². The predicted octanol–water partition coefficient (Wildman–Crippen LogP) is 4.43. The second-order valence-corrected chi connectivity index (χ2v) is 4.19. The molecule has 0 radical (unpaired) electrons. The predicted molar refractivity (Wildman–Crippen MR) is 75.8 cm³/mol. The van der Waals surface area contributed by atoms with E-state index in [2.05, 4.69) is 27.9 Å². The van der Waals surface area contributed by atoms with E-state index >= 15 is 0 Å². The van der Waals surface area contributed by atoms with Crippen LogP contribution < -0.4 is 0 Å². The van der Waals surface area contributed by atoms with Crippen molar-refractivity contribution in [2.75, 3.05) is 0 Å². The Balaban J connectivity index is 1.84. The van der Waals surface area contributed by atoms with Gasteiger partial charge in [0.25, 0.3) is 0 Å². The van der Waals surface area contributed by atoms with Crippen molar-refractivity contribution in [3.05, 3.63) is 76.8 Å². The van der Waals surface area contributed by atoms with Crippen LogP contribution in [0.25, 0.3) is 12.2 Å². The van der Waals surface area contributed by atoms with Gasteiger partial charge in [-0.3, -0.25) is 4.98 Å². The van der Waals surface area contributed by atoms with Crippen LogP contribution in [-0.4, -0.2) is 4.98 Å². The Morgan fingerprint density at radius 1 is 0.941 bits per heavy atom. The zero-order valence-electron chi connectivity index (χ0n) is 9.36. The highest BCUT2D eigenvalue weighted by Gasteiger charge is 1.82. The molecule has 0 atom stereocenters. The maximum absolute atomic E-state index is 4.20. The summed E-state index contributed by atoms with van der Waals surface area (Å²) in [6.07, 6.45) is 13.9. The molecular weight excluding hydrogens is 226 g/mol. The molecule has 0 aromatic carbocycles. The van der Waals surface area contributed by atoms with Crippen LogP contribution in [0.4, 0.5) is 0 Å². The third-order valence-electron chi connectivity index (χ3n) is 2.12. The minimum absolute atomic E-state index is 0.971. The Morgan fingerprint density at radius 3 is 2.53 bits per heavy atom. The molecule has 17 heavy (non-hydrogen) atoms. The van der Waals surface area contributed by atoms with Gasteiger partial charge in [-0.15, -0.1) is 0 Å².